The Kier molecular flexibility index (Phi) is 3.76. The predicted octanol–water partition coefficient (Wildman–Crippen LogP) is 4.84. The van der Waals surface area contributed by atoms with Crippen LogP contribution in [0.2, 0.25) is 0 Å². The van der Waals surface area contributed by atoms with E-state index in [9.17, 15) is 0 Å². The summed E-state index contributed by atoms with van der Waals surface area (Å²) >= 11 is 0. The van der Waals surface area contributed by atoms with Crippen LogP contribution in [0.5, 0.6) is 0 Å². The average molecular weight is 261 g/mol. The Morgan fingerprint density at radius 3 is 1.67 bits per heavy atom. The molecule has 0 atom stereocenters. The Bertz CT molecular complexity index is 356. The fourth-order valence-electron chi connectivity index (χ4n) is 4.35. The summed E-state index contributed by atoms with van der Waals surface area (Å²) < 4.78 is 0. The van der Waals surface area contributed by atoms with Crippen LogP contribution in [0, 0.1) is 0 Å². The summed E-state index contributed by atoms with van der Waals surface area (Å²) in [6.07, 6.45) is 12.0. The summed E-state index contributed by atoms with van der Waals surface area (Å²) in [4.78, 5) is 0. The monoisotopic (exact) mass is 261 g/mol. The molecule has 0 aromatic heterocycles. The van der Waals surface area contributed by atoms with E-state index in [-0.39, 0.29) is 0 Å². The summed E-state index contributed by atoms with van der Waals surface area (Å²) in [5.74, 6) is 0. The molecule has 0 heterocycles. The minimum Gasteiger partial charge on any atom is -0.0620 e. The van der Waals surface area contributed by atoms with Gasteiger partial charge in [0, 0.05) is 0 Å². The summed E-state index contributed by atoms with van der Waals surface area (Å²) in [6, 6.07) is 11.6. The highest BCUT2D eigenvalue weighted by Gasteiger charge is 2.51. The maximum atomic E-state index is 2.69. The smallest absolute Gasteiger partial charge is 0.0620 e. The zero-order chi connectivity index (χ0) is 12.4. The van der Waals surface area contributed by atoms with Crippen LogP contribution in [0.3, 0.4) is 0 Å². The van der Waals surface area contributed by atoms with E-state index in [0.29, 0.717) is 0 Å². The van der Waals surface area contributed by atoms with Crippen molar-refractivity contribution >= 4 is 12.6 Å². The number of hydrogen-bond donors (Lipinski definition) is 0. The van der Waals surface area contributed by atoms with Crippen LogP contribution in [-0.4, -0.2) is 18.0 Å². The van der Waals surface area contributed by atoms with Gasteiger partial charge in [-0.15, -0.1) is 0 Å². The topological polar surface area (TPSA) is 0 Å². The molecule has 0 saturated heterocycles. The van der Waals surface area contributed by atoms with Crippen LogP contribution >= 0.6 is 7.26 Å². The third-order valence-corrected chi connectivity index (χ3v) is 11.0. The largest absolute Gasteiger partial charge is 0.0942 e. The first kappa shape index (κ1) is 12.7. The van der Waals surface area contributed by atoms with E-state index in [1.54, 1.807) is 5.30 Å². The molecule has 1 aromatic rings. The maximum absolute atomic E-state index is 2.69. The van der Waals surface area contributed by atoms with Crippen LogP contribution in [0.15, 0.2) is 30.3 Å². The van der Waals surface area contributed by atoms with Crippen molar-refractivity contribution in [2.75, 3.05) is 6.66 Å². The van der Waals surface area contributed by atoms with Gasteiger partial charge in [-0.1, -0.05) is 18.2 Å². The molecule has 0 nitrogen and oxygen atoms in total. The Balaban J connectivity index is 1.96. The molecule has 0 amide bonds. The van der Waals surface area contributed by atoms with Gasteiger partial charge in [0.25, 0.3) is 0 Å². The van der Waals surface area contributed by atoms with Crippen molar-refractivity contribution in [3.8, 4) is 0 Å². The fraction of sp³-hybridized carbons (Fsp3) is 0.647. The molecule has 0 bridgehead atoms. The summed E-state index contributed by atoms with van der Waals surface area (Å²) in [6.45, 7) is 2.69. The fourth-order valence-corrected chi connectivity index (χ4v) is 9.48. The minimum absolute atomic E-state index is 0.917. The van der Waals surface area contributed by atoms with E-state index < -0.39 is 7.26 Å². The molecule has 0 aliphatic heterocycles. The van der Waals surface area contributed by atoms with Gasteiger partial charge in [-0.05, 0) is 63.5 Å². The molecular formula is C17H26P+. The molecule has 2 aliphatic carbocycles. The standard InChI is InChI=1S/C17H26P/c1-18(16-11-5-6-12-16,17-13-7-8-14-17)15-9-3-2-4-10-15/h2-4,9-10,16-17H,5-8,11-14H2,1H3/q+1. The van der Waals surface area contributed by atoms with Gasteiger partial charge in [0.1, 0.15) is 0 Å². The molecule has 2 fully saturated rings. The van der Waals surface area contributed by atoms with Crippen molar-refractivity contribution in [1.29, 1.82) is 0 Å². The van der Waals surface area contributed by atoms with Crippen molar-refractivity contribution in [2.45, 2.75) is 62.7 Å². The summed E-state index contributed by atoms with van der Waals surface area (Å²) in [5, 5.41) is 1.73. The Morgan fingerprint density at radius 2 is 1.22 bits per heavy atom. The molecule has 1 heteroatoms. The molecule has 1 aromatic carbocycles. The van der Waals surface area contributed by atoms with Crippen molar-refractivity contribution in [1.82, 2.24) is 0 Å². The number of hydrogen-bond acceptors (Lipinski definition) is 0. The molecule has 0 spiro atoms. The molecule has 3 rings (SSSR count). The summed E-state index contributed by atoms with van der Waals surface area (Å²) in [7, 11) is -0.917. The molecule has 98 valence electrons. The second kappa shape index (κ2) is 5.33. The van der Waals surface area contributed by atoms with Gasteiger partial charge < -0.3 is 0 Å². The highest BCUT2D eigenvalue weighted by molar-refractivity contribution is 7.83. The van der Waals surface area contributed by atoms with Crippen molar-refractivity contribution in [2.24, 2.45) is 0 Å². The molecule has 2 aliphatic rings. The second-order valence-corrected chi connectivity index (χ2v) is 10.6. The van der Waals surface area contributed by atoms with Gasteiger partial charge in [0.2, 0.25) is 0 Å². The van der Waals surface area contributed by atoms with Gasteiger partial charge in [-0.3, -0.25) is 0 Å². The van der Waals surface area contributed by atoms with E-state index in [4.69, 9.17) is 0 Å². The SMILES string of the molecule is C[P+](c1ccccc1)(C1CCCC1)C1CCCC1. The Morgan fingerprint density at radius 1 is 0.778 bits per heavy atom. The molecule has 0 unspecified atom stereocenters. The predicted molar refractivity (Wildman–Crippen MR) is 83.4 cm³/mol. The third kappa shape index (κ3) is 2.14. The van der Waals surface area contributed by atoms with Gasteiger partial charge in [0.05, 0.1) is 30.5 Å². The second-order valence-electron chi connectivity index (χ2n) is 6.36. The highest BCUT2D eigenvalue weighted by Crippen LogP contribution is 2.69. The van der Waals surface area contributed by atoms with Gasteiger partial charge in [-0.25, -0.2) is 0 Å². The molecule has 0 N–H and O–H groups in total. The lowest BCUT2D eigenvalue weighted by Crippen LogP contribution is -2.28. The Hall–Kier alpha value is -0.350. The lowest BCUT2D eigenvalue weighted by molar-refractivity contribution is 0.821. The van der Waals surface area contributed by atoms with Gasteiger partial charge in [0.15, 0.2) is 0 Å². The first-order valence-corrected chi connectivity index (χ1v) is 10.1. The summed E-state index contributed by atoms with van der Waals surface area (Å²) in [5.41, 5.74) is 2.09. The zero-order valence-corrected chi connectivity index (χ0v) is 12.5. The lowest BCUT2D eigenvalue weighted by Gasteiger charge is -2.34. The Labute approximate surface area is 113 Å². The number of rotatable bonds is 3. The minimum atomic E-state index is -0.917. The molecule has 0 radical (unpaired) electrons. The first-order chi connectivity index (χ1) is 8.82. The van der Waals surface area contributed by atoms with E-state index in [0.717, 1.165) is 11.3 Å². The zero-order valence-electron chi connectivity index (χ0n) is 11.6. The van der Waals surface area contributed by atoms with Gasteiger partial charge in [-0.2, -0.15) is 0 Å². The van der Waals surface area contributed by atoms with E-state index in [1.807, 2.05) is 0 Å². The van der Waals surface area contributed by atoms with E-state index in [2.05, 4.69) is 37.0 Å². The van der Waals surface area contributed by atoms with E-state index >= 15 is 0 Å². The quantitative estimate of drug-likeness (QED) is 0.683. The lowest BCUT2D eigenvalue weighted by atomic mass is 10.3. The first-order valence-electron chi connectivity index (χ1n) is 7.73. The van der Waals surface area contributed by atoms with E-state index in [1.165, 1.54) is 51.4 Å². The van der Waals surface area contributed by atoms with Crippen LogP contribution in [0.1, 0.15) is 51.4 Å². The van der Waals surface area contributed by atoms with Crippen molar-refractivity contribution < 1.29 is 0 Å². The van der Waals surface area contributed by atoms with Crippen molar-refractivity contribution in [3.05, 3.63) is 30.3 Å². The van der Waals surface area contributed by atoms with Gasteiger partial charge >= 0.3 is 0 Å². The van der Waals surface area contributed by atoms with Crippen LogP contribution in [0.4, 0.5) is 0 Å². The third-order valence-electron chi connectivity index (χ3n) is 5.48. The molecule has 18 heavy (non-hydrogen) atoms. The van der Waals surface area contributed by atoms with Crippen molar-refractivity contribution in [3.63, 3.8) is 0 Å². The van der Waals surface area contributed by atoms with Crippen LogP contribution < -0.4 is 5.30 Å². The normalized spacial score (nSPS) is 22.7. The molecular weight excluding hydrogens is 235 g/mol. The average Bonchev–Trinajstić information content (AvgIpc) is 3.12. The van der Waals surface area contributed by atoms with Crippen LogP contribution in [-0.2, 0) is 0 Å². The van der Waals surface area contributed by atoms with Crippen LogP contribution in [0.25, 0.3) is 0 Å². The maximum Gasteiger partial charge on any atom is 0.0942 e. The molecule has 2 saturated carbocycles. The highest BCUT2D eigenvalue weighted by atomic mass is 31.2. The number of benzene rings is 1.